The molecule has 1 aliphatic rings. The van der Waals surface area contributed by atoms with Crippen molar-refractivity contribution in [2.45, 2.75) is 12.8 Å². The van der Waals surface area contributed by atoms with Gasteiger partial charge in [0.15, 0.2) is 0 Å². The van der Waals surface area contributed by atoms with Gasteiger partial charge in [-0.05, 0) is 30.9 Å². The largest absolute Gasteiger partial charge is 0.396 e. The summed E-state index contributed by atoms with van der Waals surface area (Å²) in [5.74, 6) is 0.359. The summed E-state index contributed by atoms with van der Waals surface area (Å²) in [6.07, 6.45) is 2.21. The number of hydrogen-bond donors (Lipinski definition) is 1. The van der Waals surface area contributed by atoms with Gasteiger partial charge in [0.05, 0.1) is 11.6 Å². The van der Waals surface area contributed by atoms with E-state index in [2.05, 4.69) is 17.0 Å². The smallest absolute Gasteiger partial charge is 0.0998 e. The Kier molecular flexibility index (Phi) is 5.06. The van der Waals surface area contributed by atoms with Gasteiger partial charge in [-0.15, -0.1) is 12.4 Å². The van der Waals surface area contributed by atoms with Gasteiger partial charge in [0.2, 0.25) is 0 Å². The number of rotatable bonds is 2. The fourth-order valence-corrected chi connectivity index (χ4v) is 3.09. The predicted octanol–water partition coefficient (Wildman–Crippen LogP) is 3.34. The molecule has 110 valence electrons. The van der Waals surface area contributed by atoms with Crippen LogP contribution in [-0.4, -0.2) is 24.8 Å². The fraction of sp³-hybridized carbons (Fsp3) is 0.353. The molecule has 3 rings (SSSR count). The quantitative estimate of drug-likeness (QED) is 0.925. The highest BCUT2D eigenvalue weighted by atomic mass is 35.5. The van der Waals surface area contributed by atoms with E-state index in [0.717, 1.165) is 42.3 Å². The normalized spacial score (nSPS) is 18.1. The van der Waals surface area contributed by atoms with Crippen LogP contribution in [0.2, 0.25) is 0 Å². The van der Waals surface area contributed by atoms with Crippen LogP contribution < -0.4 is 4.90 Å². The Hall–Kier alpha value is -1.76. The Labute approximate surface area is 131 Å². The molecule has 0 amide bonds. The monoisotopic (exact) mass is 302 g/mol. The van der Waals surface area contributed by atoms with Gasteiger partial charge >= 0.3 is 0 Å². The average molecular weight is 303 g/mol. The van der Waals surface area contributed by atoms with Gasteiger partial charge in [-0.3, -0.25) is 0 Å². The van der Waals surface area contributed by atoms with E-state index in [0.29, 0.717) is 5.92 Å². The topological polar surface area (TPSA) is 47.3 Å². The summed E-state index contributed by atoms with van der Waals surface area (Å²) in [7, 11) is 0. The molecule has 0 saturated carbocycles. The molecule has 0 radical (unpaired) electrons. The number of aliphatic hydroxyl groups excluding tert-OH is 1. The van der Waals surface area contributed by atoms with Crippen molar-refractivity contribution < 1.29 is 5.11 Å². The second-order valence-corrected chi connectivity index (χ2v) is 5.43. The van der Waals surface area contributed by atoms with Crippen molar-refractivity contribution in [2.24, 2.45) is 5.92 Å². The van der Waals surface area contributed by atoms with E-state index >= 15 is 0 Å². The zero-order chi connectivity index (χ0) is 13.9. The van der Waals surface area contributed by atoms with Crippen LogP contribution in [0.1, 0.15) is 18.4 Å². The van der Waals surface area contributed by atoms with E-state index in [1.165, 1.54) is 5.69 Å². The summed E-state index contributed by atoms with van der Waals surface area (Å²) in [6.45, 7) is 2.17. The number of nitrogens with zero attached hydrogens (tertiary/aromatic N) is 2. The molecule has 2 aromatic carbocycles. The molecule has 0 aromatic heterocycles. The summed E-state index contributed by atoms with van der Waals surface area (Å²) >= 11 is 0. The van der Waals surface area contributed by atoms with Gasteiger partial charge < -0.3 is 10.0 Å². The number of fused-ring (bicyclic) bond motifs is 1. The summed E-state index contributed by atoms with van der Waals surface area (Å²) in [4.78, 5) is 2.34. The summed E-state index contributed by atoms with van der Waals surface area (Å²) in [5.41, 5.74) is 1.90. The van der Waals surface area contributed by atoms with Crippen molar-refractivity contribution in [1.29, 1.82) is 5.26 Å². The Morgan fingerprint density at radius 2 is 1.95 bits per heavy atom. The second kappa shape index (κ2) is 6.80. The number of piperidine rings is 1. The Morgan fingerprint density at radius 1 is 1.19 bits per heavy atom. The zero-order valence-electron chi connectivity index (χ0n) is 11.8. The molecular formula is C17H19ClN2O. The molecule has 1 atom stereocenters. The number of aliphatic hydroxyl groups is 1. The second-order valence-electron chi connectivity index (χ2n) is 5.43. The fourth-order valence-electron chi connectivity index (χ4n) is 3.09. The van der Waals surface area contributed by atoms with Crippen LogP contribution in [0.4, 0.5) is 5.69 Å². The Bertz CT molecular complexity index is 665. The molecule has 1 saturated heterocycles. The maximum atomic E-state index is 9.38. The number of benzene rings is 2. The molecular weight excluding hydrogens is 284 g/mol. The van der Waals surface area contributed by atoms with E-state index in [-0.39, 0.29) is 19.0 Å². The molecule has 0 aliphatic carbocycles. The lowest BCUT2D eigenvalue weighted by atomic mass is 9.96. The third kappa shape index (κ3) is 2.97. The van der Waals surface area contributed by atoms with Crippen LogP contribution in [0.15, 0.2) is 36.4 Å². The van der Waals surface area contributed by atoms with Gasteiger partial charge in [-0.1, -0.05) is 24.3 Å². The lowest BCUT2D eigenvalue weighted by Crippen LogP contribution is -2.36. The maximum absolute atomic E-state index is 9.38. The number of anilines is 1. The lowest BCUT2D eigenvalue weighted by molar-refractivity contribution is 0.209. The van der Waals surface area contributed by atoms with Gasteiger partial charge in [0.1, 0.15) is 0 Å². The third-order valence-corrected chi connectivity index (χ3v) is 4.14. The summed E-state index contributed by atoms with van der Waals surface area (Å²) < 4.78 is 0. The molecule has 0 spiro atoms. The van der Waals surface area contributed by atoms with Gasteiger partial charge in [-0.2, -0.15) is 5.26 Å². The Morgan fingerprint density at radius 3 is 2.67 bits per heavy atom. The minimum absolute atomic E-state index is 0. The van der Waals surface area contributed by atoms with Crippen molar-refractivity contribution >= 4 is 28.9 Å². The summed E-state index contributed by atoms with van der Waals surface area (Å²) in [5, 5.41) is 20.7. The molecule has 1 heterocycles. The minimum atomic E-state index is 0. The minimum Gasteiger partial charge on any atom is -0.396 e. The molecule has 0 bridgehead atoms. The average Bonchev–Trinajstić information content (AvgIpc) is 2.54. The van der Waals surface area contributed by atoms with Crippen molar-refractivity contribution in [3.63, 3.8) is 0 Å². The van der Waals surface area contributed by atoms with Crippen molar-refractivity contribution in [3.8, 4) is 6.07 Å². The third-order valence-electron chi connectivity index (χ3n) is 4.14. The highest BCUT2D eigenvalue weighted by Gasteiger charge is 2.21. The first-order chi connectivity index (χ1) is 9.83. The van der Waals surface area contributed by atoms with E-state index in [1.807, 2.05) is 30.3 Å². The first kappa shape index (κ1) is 15.6. The lowest BCUT2D eigenvalue weighted by Gasteiger charge is -2.34. The molecule has 21 heavy (non-hydrogen) atoms. The molecule has 1 N–H and O–H groups in total. The van der Waals surface area contributed by atoms with Crippen LogP contribution >= 0.6 is 12.4 Å². The standard InChI is InChI=1S/C17H18N2O.ClH/c18-10-14-7-8-17(16-6-2-1-5-15(14)16)19-9-3-4-13(11-19)12-20;/h1-2,5-8,13,20H,3-4,9,11-12H2;1H/t13-;/m1./s1. The van der Waals surface area contributed by atoms with Crippen molar-refractivity contribution in [2.75, 3.05) is 24.6 Å². The van der Waals surface area contributed by atoms with Gasteiger partial charge in [0.25, 0.3) is 0 Å². The van der Waals surface area contributed by atoms with E-state index in [9.17, 15) is 10.4 Å². The highest BCUT2D eigenvalue weighted by molar-refractivity contribution is 5.97. The van der Waals surface area contributed by atoms with E-state index in [1.54, 1.807) is 0 Å². The van der Waals surface area contributed by atoms with Crippen LogP contribution in [-0.2, 0) is 0 Å². The van der Waals surface area contributed by atoms with Crippen LogP contribution in [0.3, 0.4) is 0 Å². The van der Waals surface area contributed by atoms with Crippen LogP contribution in [0, 0.1) is 17.2 Å². The highest BCUT2D eigenvalue weighted by Crippen LogP contribution is 2.32. The van der Waals surface area contributed by atoms with Crippen LogP contribution in [0.25, 0.3) is 10.8 Å². The van der Waals surface area contributed by atoms with Crippen molar-refractivity contribution in [3.05, 3.63) is 42.0 Å². The number of halogens is 1. The first-order valence-electron chi connectivity index (χ1n) is 7.11. The SMILES string of the molecule is Cl.N#Cc1ccc(N2CCC[C@@H](CO)C2)c2ccccc12. The predicted molar refractivity (Wildman–Crippen MR) is 87.9 cm³/mol. The molecule has 4 heteroatoms. The maximum Gasteiger partial charge on any atom is 0.0998 e. The van der Waals surface area contributed by atoms with E-state index in [4.69, 9.17) is 0 Å². The summed E-state index contributed by atoms with van der Waals surface area (Å²) in [6, 6.07) is 14.3. The van der Waals surface area contributed by atoms with Gasteiger partial charge in [0, 0.05) is 36.2 Å². The number of nitriles is 1. The molecule has 1 fully saturated rings. The zero-order valence-corrected chi connectivity index (χ0v) is 12.6. The molecule has 0 unspecified atom stereocenters. The van der Waals surface area contributed by atoms with E-state index < -0.39 is 0 Å². The first-order valence-corrected chi connectivity index (χ1v) is 7.11. The molecule has 3 nitrogen and oxygen atoms in total. The Balaban J connectivity index is 0.00000161. The van der Waals surface area contributed by atoms with Crippen LogP contribution in [0.5, 0.6) is 0 Å². The van der Waals surface area contributed by atoms with Crippen molar-refractivity contribution in [1.82, 2.24) is 0 Å². The number of hydrogen-bond acceptors (Lipinski definition) is 3. The molecule has 1 aliphatic heterocycles. The molecule has 2 aromatic rings. The van der Waals surface area contributed by atoms with Gasteiger partial charge in [-0.25, -0.2) is 0 Å².